The molecule has 7 heteroatoms. The lowest BCUT2D eigenvalue weighted by molar-refractivity contribution is 0.0925. The zero-order valence-electron chi connectivity index (χ0n) is 17.2. The van der Waals surface area contributed by atoms with Crippen LogP contribution < -0.4 is 10.1 Å². The van der Waals surface area contributed by atoms with Crippen molar-refractivity contribution >= 4 is 11.6 Å². The van der Waals surface area contributed by atoms with E-state index in [-0.39, 0.29) is 5.91 Å². The van der Waals surface area contributed by atoms with E-state index in [1.165, 1.54) is 0 Å². The molecule has 0 saturated carbocycles. The van der Waals surface area contributed by atoms with Crippen LogP contribution in [0.15, 0.2) is 73.1 Å². The van der Waals surface area contributed by atoms with Crippen LogP contribution in [0, 0.1) is 6.57 Å². The number of amides is 1. The Morgan fingerprint density at radius 2 is 1.88 bits per heavy atom. The second-order valence-electron chi connectivity index (χ2n) is 7.38. The summed E-state index contributed by atoms with van der Waals surface area (Å²) in [5.41, 5.74) is 5.43. The highest BCUT2D eigenvalue weighted by Crippen LogP contribution is 2.36. The summed E-state index contributed by atoms with van der Waals surface area (Å²) in [6, 6.07) is 18.8. The van der Waals surface area contributed by atoms with Crippen molar-refractivity contribution in [1.29, 1.82) is 0 Å². The standard InChI is InChI=1S/C25H19N5O2/c1-26-20-4-2-3-17(15-20)16-32-21-7-5-18(6-8-21)22-23(19-9-11-27-12-10-19)29-30-14-13-28-25(31)24(22)30/h2-12,15H,13-14,16H2,(H,28,31). The molecule has 0 atom stereocenters. The fourth-order valence-corrected chi connectivity index (χ4v) is 3.80. The Balaban J connectivity index is 1.46. The molecule has 0 fully saturated rings. The number of hydrogen-bond donors (Lipinski definition) is 1. The first-order valence-electron chi connectivity index (χ1n) is 10.2. The number of nitrogens with one attached hydrogen (secondary N) is 1. The van der Waals surface area contributed by atoms with E-state index >= 15 is 0 Å². The molecule has 0 aliphatic carbocycles. The number of ether oxygens (including phenoxy) is 1. The minimum atomic E-state index is -0.126. The molecule has 5 rings (SSSR count). The zero-order valence-corrected chi connectivity index (χ0v) is 17.2. The molecule has 1 aliphatic rings. The summed E-state index contributed by atoms with van der Waals surface area (Å²) in [6.45, 7) is 8.69. The third kappa shape index (κ3) is 3.70. The van der Waals surface area contributed by atoms with E-state index in [9.17, 15) is 4.79 Å². The number of fused-ring (bicyclic) bond motifs is 1. The molecule has 0 unspecified atom stereocenters. The number of carbonyl (C=O) groups excluding carboxylic acids is 1. The van der Waals surface area contributed by atoms with E-state index in [1.54, 1.807) is 23.1 Å². The van der Waals surface area contributed by atoms with E-state index in [1.807, 2.05) is 54.6 Å². The van der Waals surface area contributed by atoms with Crippen LogP contribution in [-0.2, 0) is 13.2 Å². The van der Waals surface area contributed by atoms with Gasteiger partial charge in [-0.3, -0.25) is 14.5 Å². The summed E-state index contributed by atoms with van der Waals surface area (Å²) in [5, 5.41) is 7.65. The van der Waals surface area contributed by atoms with Crippen molar-refractivity contribution in [1.82, 2.24) is 20.1 Å². The van der Waals surface area contributed by atoms with E-state index in [4.69, 9.17) is 16.4 Å². The number of benzene rings is 2. The fraction of sp³-hybridized carbons (Fsp3) is 0.120. The highest BCUT2D eigenvalue weighted by Gasteiger charge is 2.27. The van der Waals surface area contributed by atoms with Crippen molar-refractivity contribution < 1.29 is 9.53 Å². The van der Waals surface area contributed by atoms with E-state index in [0.29, 0.717) is 36.8 Å². The van der Waals surface area contributed by atoms with Gasteiger partial charge >= 0.3 is 0 Å². The van der Waals surface area contributed by atoms with Crippen LogP contribution in [0.1, 0.15) is 16.1 Å². The maximum absolute atomic E-state index is 12.7. The summed E-state index contributed by atoms with van der Waals surface area (Å²) in [5.74, 6) is 0.581. The van der Waals surface area contributed by atoms with Crippen molar-refractivity contribution in [2.45, 2.75) is 13.2 Å². The summed E-state index contributed by atoms with van der Waals surface area (Å²) in [7, 11) is 0. The molecule has 0 spiro atoms. The van der Waals surface area contributed by atoms with E-state index in [2.05, 4.69) is 15.1 Å². The van der Waals surface area contributed by atoms with Gasteiger partial charge in [-0.1, -0.05) is 30.3 Å². The summed E-state index contributed by atoms with van der Waals surface area (Å²) in [4.78, 5) is 20.2. The molecule has 0 saturated heterocycles. The molecule has 32 heavy (non-hydrogen) atoms. The van der Waals surface area contributed by atoms with Crippen LogP contribution in [-0.4, -0.2) is 27.2 Å². The van der Waals surface area contributed by atoms with Gasteiger partial charge in [-0.2, -0.15) is 5.10 Å². The smallest absolute Gasteiger partial charge is 0.270 e. The van der Waals surface area contributed by atoms with Crippen molar-refractivity contribution in [3.8, 4) is 28.1 Å². The first-order chi connectivity index (χ1) is 15.7. The normalized spacial score (nSPS) is 12.5. The molecule has 1 aliphatic heterocycles. The number of carbonyl (C=O) groups is 1. The lowest BCUT2D eigenvalue weighted by Crippen LogP contribution is -2.35. The minimum absolute atomic E-state index is 0.126. The molecule has 7 nitrogen and oxygen atoms in total. The molecular weight excluding hydrogens is 402 g/mol. The third-order valence-electron chi connectivity index (χ3n) is 5.32. The SMILES string of the molecule is [C-]#[N+]c1cccc(COc2ccc(-c3c(-c4ccncc4)nn4c3C(=O)NCC4)cc2)c1. The van der Waals surface area contributed by atoms with Crippen molar-refractivity contribution in [2.24, 2.45) is 0 Å². The lowest BCUT2D eigenvalue weighted by atomic mass is 9.98. The Hall–Kier alpha value is -4.44. The van der Waals surface area contributed by atoms with Crippen LogP contribution in [0.25, 0.3) is 27.2 Å². The maximum Gasteiger partial charge on any atom is 0.270 e. The molecule has 1 N–H and O–H groups in total. The van der Waals surface area contributed by atoms with Crippen molar-refractivity contribution in [3.63, 3.8) is 0 Å². The molecule has 2 aromatic heterocycles. The predicted octanol–water partition coefficient (Wildman–Crippen LogP) is 4.49. The highest BCUT2D eigenvalue weighted by atomic mass is 16.5. The van der Waals surface area contributed by atoms with Gasteiger partial charge in [-0.15, -0.1) is 0 Å². The average Bonchev–Trinajstić information content (AvgIpc) is 3.25. The molecule has 2 aromatic carbocycles. The topological polar surface area (TPSA) is 73.4 Å². The minimum Gasteiger partial charge on any atom is -0.489 e. The first kappa shape index (κ1) is 19.5. The Kier molecular flexibility index (Phi) is 5.10. The number of rotatable bonds is 5. The Labute approximate surface area is 185 Å². The van der Waals surface area contributed by atoms with Crippen LogP contribution in [0.5, 0.6) is 5.75 Å². The van der Waals surface area contributed by atoms with Crippen molar-refractivity contribution in [3.05, 3.63) is 95.7 Å². The van der Waals surface area contributed by atoms with Gasteiger partial charge in [0.05, 0.1) is 13.1 Å². The second kappa shape index (κ2) is 8.36. The second-order valence-corrected chi connectivity index (χ2v) is 7.38. The van der Waals surface area contributed by atoms with Crippen LogP contribution in [0.2, 0.25) is 0 Å². The van der Waals surface area contributed by atoms with Crippen molar-refractivity contribution in [2.75, 3.05) is 6.54 Å². The fourth-order valence-electron chi connectivity index (χ4n) is 3.80. The number of pyridine rings is 1. The van der Waals surface area contributed by atoms with Gasteiger partial charge < -0.3 is 10.1 Å². The van der Waals surface area contributed by atoms with Gasteiger partial charge in [0.15, 0.2) is 5.69 Å². The molecule has 156 valence electrons. The number of nitrogens with zero attached hydrogens (tertiary/aromatic N) is 4. The molecule has 0 radical (unpaired) electrons. The van der Waals surface area contributed by atoms with E-state index < -0.39 is 0 Å². The van der Waals surface area contributed by atoms with Gasteiger partial charge in [0.2, 0.25) is 0 Å². The van der Waals surface area contributed by atoms with E-state index in [0.717, 1.165) is 27.9 Å². The monoisotopic (exact) mass is 421 g/mol. The Morgan fingerprint density at radius 1 is 1.06 bits per heavy atom. The highest BCUT2D eigenvalue weighted by molar-refractivity contribution is 6.03. The third-order valence-corrected chi connectivity index (χ3v) is 5.32. The average molecular weight is 421 g/mol. The predicted molar refractivity (Wildman–Crippen MR) is 120 cm³/mol. The first-order valence-corrected chi connectivity index (χ1v) is 10.2. The molecule has 1 amide bonds. The van der Waals surface area contributed by atoms with Gasteiger partial charge in [-0.25, -0.2) is 4.85 Å². The quantitative estimate of drug-likeness (QED) is 0.482. The largest absolute Gasteiger partial charge is 0.489 e. The van der Waals surface area contributed by atoms with Gasteiger partial charge in [-0.05, 0) is 41.5 Å². The summed E-state index contributed by atoms with van der Waals surface area (Å²) < 4.78 is 7.68. The van der Waals surface area contributed by atoms with Crippen LogP contribution in [0.4, 0.5) is 5.69 Å². The molecule has 3 heterocycles. The summed E-state index contributed by atoms with van der Waals surface area (Å²) in [6.07, 6.45) is 3.44. The molecule has 4 aromatic rings. The lowest BCUT2D eigenvalue weighted by Gasteiger charge is -2.15. The summed E-state index contributed by atoms with van der Waals surface area (Å²) >= 11 is 0. The van der Waals surface area contributed by atoms with Gasteiger partial charge in [0, 0.05) is 30.1 Å². The molecular formula is C25H19N5O2. The van der Waals surface area contributed by atoms with Gasteiger partial charge in [0.25, 0.3) is 5.91 Å². The molecule has 0 bridgehead atoms. The maximum atomic E-state index is 12.7. The number of aromatic nitrogens is 3. The van der Waals surface area contributed by atoms with Gasteiger partial charge in [0.1, 0.15) is 23.7 Å². The van der Waals surface area contributed by atoms with Crippen LogP contribution in [0.3, 0.4) is 0 Å². The zero-order chi connectivity index (χ0) is 21.9. The number of hydrogen-bond acceptors (Lipinski definition) is 4. The Bertz CT molecular complexity index is 1320. The Morgan fingerprint density at radius 3 is 2.66 bits per heavy atom. The van der Waals surface area contributed by atoms with Crippen LogP contribution >= 0.6 is 0 Å².